The van der Waals surface area contributed by atoms with Gasteiger partial charge in [0.2, 0.25) is 5.91 Å². The van der Waals surface area contributed by atoms with Crippen molar-refractivity contribution in [3.8, 4) is 17.2 Å². The lowest BCUT2D eigenvalue weighted by molar-refractivity contribution is -0.113. The van der Waals surface area contributed by atoms with Gasteiger partial charge in [0, 0.05) is 16.6 Å². The molecule has 0 aliphatic heterocycles. The number of benzene rings is 3. The van der Waals surface area contributed by atoms with Gasteiger partial charge < -0.3 is 30.2 Å². The molecule has 3 rings (SSSR count). The van der Waals surface area contributed by atoms with Gasteiger partial charge >= 0.3 is 0 Å². The molecule has 0 aliphatic carbocycles. The van der Waals surface area contributed by atoms with Crippen LogP contribution < -0.4 is 30.2 Å². The number of thiocarbonyl (C=S) groups is 1. The SMILES string of the molecule is COc1ccc(NC(=O)CSc2cccc(NC(=S)Nc3ccccc3OC)c2)c(OC)c1. The van der Waals surface area contributed by atoms with E-state index in [-0.39, 0.29) is 11.7 Å². The fourth-order valence-corrected chi connectivity index (χ4v) is 3.92. The van der Waals surface area contributed by atoms with E-state index in [2.05, 4.69) is 16.0 Å². The van der Waals surface area contributed by atoms with Crippen molar-refractivity contribution in [3.63, 3.8) is 0 Å². The van der Waals surface area contributed by atoms with Crippen LogP contribution in [0.25, 0.3) is 0 Å². The van der Waals surface area contributed by atoms with E-state index < -0.39 is 0 Å². The van der Waals surface area contributed by atoms with Gasteiger partial charge in [-0.3, -0.25) is 4.79 Å². The number of para-hydroxylation sites is 2. The molecule has 0 fully saturated rings. The summed E-state index contributed by atoms with van der Waals surface area (Å²) in [6.07, 6.45) is 0. The standard InChI is InChI=1S/C24H25N3O4S2/c1-29-17-11-12-20(22(14-17)31-3)26-23(28)15-33-18-8-6-7-16(13-18)25-24(32)27-19-9-4-5-10-21(19)30-2/h4-14H,15H2,1-3H3,(H,26,28)(H2,25,27,32). The van der Waals surface area contributed by atoms with E-state index in [1.165, 1.54) is 11.8 Å². The van der Waals surface area contributed by atoms with E-state index in [0.717, 1.165) is 16.3 Å². The molecule has 0 spiro atoms. The molecule has 0 saturated heterocycles. The molecule has 1 amide bonds. The summed E-state index contributed by atoms with van der Waals surface area (Å²) in [6, 6.07) is 20.4. The zero-order valence-electron chi connectivity index (χ0n) is 18.5. The van der Waals surface area contributed by atoms with Crippen LogP contribution in [0.5, 0.6) is 17.2 Å². The maximum Gasteiger partial charge on any atom is 0.234 e. The first-order chi connectivity index (χ1) is 16.0. The van der Waals surface area contributed by atoms with Crippen LogP contribution in [0.2, 0.25) is 0 Å². The molecule has 0 aromatic heterocycles. The zero-order chi connectivity index (χ0) is 23.6. The van der Waals surface area contributed by atoms with Gasteiger partial charge in [0.25, 0.3) is 0 Å². The molecule has 0 heterocycles. The third-order valence-corrected chi connectivity index (χ3v) is 5.70. The van der Waals surface area contributed by atoms with Crippen LogP contribution in [0.3, 0.4) is 0 Å². The Balaban J connectivity index is 1.55. The average Bonchev–Trinajstić information content (AvgIpc) is 2.83. The summed E-state index contributed by atoms with van der Waals surface area (Å²) in [5.41, 5.74) is 2.17. The molecule has 3 aromatic carbocycles. The Morgan fingerprint density at radius 2 is 1.58 bits per heavy atom. The Morgan fingerprint density at radius 3 is 2.33 bits per heavy atom. The molecule has 0 saturated carbocycles. The van der Waals surface area contributed by atoms with Crippen molar-refractivity contribution in [3.05, 3.63) is 66.7 Å². The number of amides is 1. The summed E-state index contributed by atoms with van der Waals surface area (Å²) in [6.45, 7) is 0. The Hall–Kier alpha value is -3.43. The number of ether oxygens (including phenoxy) is 3. The fourth-order valence-electron chi connectivity index (χ4n) is 2.93. The first kappa shape index (κ1) is 24.2. The number of rotatable bonds is 9. The van der Waals surface area contributed by atoms with Crippen LogP contribution in [-0.2, 0) is 4.79 Å². The van der Waals surface area contributed by atoms with E-state index in [1.807, 2.05) is 48.5 Å². The second kappa shape index (κ2) is 12.0. The molecule has 0 unspecified atom stereocenters. The Labute approximate surface area is 202 Å². The fraction of sp³-hybridized carbons (Fsp3) is 0.167. The maximum absolute atomic E-state index is 12.5. The molecule has 7 nitrogen and oxygen atoms in total. The number of carbonyl (C=O) groups is 1. The molecule has 3 aromatic rings. The van der Waals surface area contributed by atoms with Crippen LogP contribution in [0.15, 0.2) is 71.6 Å². The third kappa shape index (κ3) is 7.03. The Morgan fingerprint density at radius 1 is 0.818 bits per heavy atom. The first-order valence-corrected chi connectivity index (χ1v) is 11.4. The van der Waals surface area contributed by atoms with Crippen molar-refractivity contribution in [1.29, 1.82) is 0 Å². The van der Waals surface area contributed by atoms with E-state index in [1.54, 1.807) is 39.5 Å². The monoisotopic (exact) mass is 483 g/mol. The second-order valence-electron chi connectivity index (χ2n) is 6.71. The predicted molar refractivity (Wildman–Crippen MR) is 138 cm³/mol. The molecule has 33 heavy (non-hydrogen) atoms. The quantitative estimate of drug-likeness (QED) is 0.281. The molecule has 0 radical (unpaired) electrons. The van der Waals surface area contributed by atoms with Gasteiger partial charge in [-0.25, -0.2) is 0 Å². The number of hydrogen-bond donors (Lipinski definition) is 3. The highest BCUT2D eigenvalue weighted by atomic mass is 32.2. The van der Waals surface area contributed by atoms with Gasteiger partial charge in [0.15, 0.2) is 5.11 Å². The molecule has 9 heteroatoms. The van der Waals surface area contributed by atoms with Gasteiger partial charge in [-0.05, 0) is 54.7 Å². The topological polar surface area (TPSA) is 80.9 Å². The predicted octanol–water partition coefficient (Wildman–Crippen LogP) is 5.25. The number of hydrogen-bond acceptors (Lipinski definition) is 6. The van der Waals surface area contributed by atoms with Crippen LogP contribution in [-0.4, -0.2) is 38.1 Å². The van der Waals surface area contributed by atoms with Crippen molar-refractivity contribution < 1.29 is 19.0 Å². The normalized spacial score (nSPS) is 10.2. The highest BCUT2D eigenvalue weighted by Gasteiger charge is 2.10. The second-order valence-corrected chi connectivity index (χ2v) is 8.17. The smallest absolute Gasteiger partial charge is 0.234 e. The average molecular weight is 484 g/mol. The van der Waals surface area contributed by atoms with E-state index in [9.17, 15) is 4.79 Å². The van der Waals surface area contributed by atoms with Crippen LogP contribution in [0, 0.1) is 0 Å². The minimum Gasteiger partial charge on any atom is -0.497 e. The minimum atomic E-state index is -0.143. The van der Waals surface area contributed by atoms with E-state index in [4.69, 9.17) is 26.4 Å². The highest BCUT2D eigenvalue weighted by Crippen LogP contribution is 2.30. The summed E-state index contributed by atoms with van der Waals surface area (Å²) in [5, 5.41) is 9.59. The lowest BCUT2D eigenvalue weighted by Crippen LogP contribution is -2.19. The maximum atomic E-state index is 12.5. The number of carbonyl (C=O) groups excluding carboxylic acids is 1. The lowest BCUT2D eigenvalue weighted by atomic mass is 10.2. The Bertz CT molecular complexity index is 1120. The highest BCUT2D eigenvalue weighted by molar-refractivity contribution is 8.00. The zero-order valence-corrected chi connectivity index (χ0v) is 20.1. The number of nitrogens with one attached hydrogen (secondary N) is 3. The number of anilines is 3. The van der Waals surface area contributed by atoms with Crippen LogP contribution >= 0.6 is 24.0 Å². The van der Waals surface area contributed by atoms with Gasteiger partial charge in [0.1, 0.15) is 17.2 Å². The van der Waals surface area contributed by atoms with Crippen molar-refractivity contribution in [2.24, 2.45) is 0 Å². The van der Waals surface area contributed by atoms with Crippen LogP contribution in [0.1, 0.15) is 0 Å². The van der Waals surface area contributed by atoms with Crippen molar-refractivity contribution in [1.82, 2.24) is 0 Å². The molecule has 0 aliphatic rings. The summed E-state index contributed by atoms with van der Waals surface area (Å²) < 4.78 is 15.8. The third-order valence-electron chi connectivity index (χ3n) is 4.50. The molecule has 172 valence electrons. The molecular weight excluding hydrogens is 458 g/mol. The number of thioether (sulfide) groups is 1. The van der Waals surface area contributed by atoms with Crippen molar-refractivity contribution in [2.45, 2.75) is 4.90 Å². The molecular formula is C24H25N3O4S2. The summed E-state index contributed by atoms with van der Waals surface area (Å²) >= 11 is 6.84. The van der Waals surface area contributed by atoms with Crippen LogP contribution in [0.4, 0.5) is 17.1 Å². The summed E-state index contributed by atoms with van der Waals surface area (Å²) in [7, 11) is 4.73. The summed E-state index contributed by atoms with van der Waals surface area (Å²) in [4.78, 5) is 13.4. The largest absolute Gasteiger partial charge is 0.497 e. The van der Waals surface area contributed by atoms with Gasteiger partial charge in [0.05, 0.1) is 38.5 Å². The van der Waals surface area contributed by atoms with E-state index in [0.29, 0.717) is 28.0 Å². The molecule has 0 atom stereocenters. The first-order valence-electron chi connectivity index (χ1n) is 9.98. The van der Waals surface area contributed by atoms with E-state index >= 15 is 0 Å². The van der Waals surface area contributed by atoms with Gasteiger partial charge in [-0.1, -0.05) is 18.2 Å². The van der Waals surface area contributed by atoms with Crippen molar-refractivity contribution in [2.75, 3.05) is 43.0 Å². The lowest BCUT2D eigenvalue weighted by Gasteiger charge is -2.14. The molecule has 3 N–H and O–H groups in total. The summed E-state index contributed by atoms with van der Waals surface area (Å²) in [5.74, 6) is 1.99. The van der Waals surface area contributed by atoms with Crippen molar-refractivity contribution >= 4 is 52.1 Å². The van der Waals surface area contributed by atoms with Gasteiger partial charge in [-0.2, -0.15) is 0 Å². The number of methoxy groups -OCH3 is 3. The Kier molecular flexibility index (Phi) is 8.79. The minimum absolute atomic E-state index is 0.143. The molecule has 0 bridgehead atoms. The van der Waals surface area contributed by atoms with Gasteiger partial charge in [-0.15, -0.1) is 11.8 Å².